The molecule has 0 fully saturated rings. The third-order valence-corrected chi connectivity index (χ3v) is 3.05. The summed E-state index contributed by atoms with van der Waals surface area (Å²) in [4.78, 5) is 0. The molecule has 0 aliphatic carbocycles. The van der Waals surface area contributed by atoms with Crippen molar-refractivity contribution in [2.24, 2.45) is 0 Å². The Labute approximate surface area is 95.8 Å². The highest BCUT2D eigenvalue weighted by Gasteiger charge is 2.18. The molecule has 1 unspecified atom stereocenters. The molecular formula is C12H17ClO2. The lowest BCUT2D eigenvalue weighted by molar-refractivity contribution is 0.269. The fourth-order valence-corrected chi connectivity index (χ4v) is 2.11. The molecule has 2 nitrogen and oxygen atoms in total. The van der Waals surface area contributed by atoms with Crippen LogP contribution < -0.4 is 4.74 Å². The molecule has 0 saturated carbocycles. The zero-order valence-corrected chi connectivity index (χ0v) is 10.4. The van der Waals surface area contributed by atoms with Crippen LogP contribution in [0.1, 0.15) is 29.5 Å². The molecule has 1 rings (SSSR count). The summed E-state index contributed by atoms with van der Waals surface area (Å²) in [5.41, 5.74) is 3.26. The third-order valence-electron chi connectivity index (χ3n) is 2.77. The number of methoxy groups -OCH3 is 1. The van der Waals surface area contributed by atoms with Crippen molar-refractivity contribution in [2.75, 3.05) is 13.7 Å². The van der Waals surface area contributed by atoms with Crippen LogP contribution in [0.25, 0.3) is 0 Å². The molecule has 0 aliphatic rings. The largest absolute Gasteiger partial charge is 0.495 e. The summed E-state index contributed by atoms with van der Waals surface area (Å²) in [6, 6.07) is 1.89. The lowest BCUT2D eigenvalue weighted by Crippen LogP contribution is -2.06. The van der Waals surface area contributed by atoms with Gasteiger partial charge in [-0.1, -0.05) is 18.5 Å². The first-order valence-electron chi connectivity index (χ1n) is 4.97. The number of aliphatic hydroxyl groups is 1. The Hall–Kier alpha value is -0.730. The Morgan fingerprint density at radius 1 is 1.47 bits per heavy atom. The highest BCUT2D eigenvalue weighted by Crippen LogP contribution is 2.37. The van der Waals surface area contributed by atoms with Gasteiger partial charge < -0.3 is 9.84 Å². The molecule has 1 atom stereocenters. The van der Waals surface area contributed by atoms with E-state index in [1.54, 1.807) is 7.11 Å². The summed E-state index contributed by atoms with van der Waals surface area (Å²) in [5.74, 6) is 0.721. The molecule has 1 aromatic rings. The van der Waals surface area contributed by atoms with E-state index in [9.17, 15) is 5.11 Å². The normalized spacial score (nSPS) is 12.7. The van der Waals surface area contributed by atoms with Crippen LogP contribution in [0.4, 0.5) is 0 Å². The van der Waals surface area contributed by atoms with Gasteiger partial charge in [0, 0.05) is 18.1 Å². The Bertz CT molecular complexity index is 361. The van der Waals surface area contributed by atoms with Crippen molar-refractivity contribution >= 4 is 11.6 Å². The van der Waals surface area contributed by atoms with Gasteiger partial charge in [0.15, 0.2) is 0 Å². The van der Waals surface area contributed by atoms with Crippen LogP contribution in [0.15, 0.2) is 6.07 Å². The predicted molar refractivity (Wildman–Crippen MR) is 63.0 cm³/mol. The van der Waals surface area contributed by atoms with Crippen molar-refractivity contribution in [2.45, 2.75) is 26.7 Å². The maximum absolute atomic E-state index is 9.22. The minimum absolute atomic E-state index is 0.0392. The molecule has 0 heterocycles. The molecule has 0 spiro atoms. The minimum Gasteiger partial charge on any atom is -0.495 e. The van der Waals surface area contributed by atoms with E-state index >= 15 is 0 Å². The number of halogens is 1. The third kappa shape index (κ3) is 2.27. The average molecular weight is 229 g/mol. The zero-order chi connectivity index (χ0) is 11.6. The molecule has 15 heavy (non-hydrogen) atoms. The first kappa shape index (κ1) is 12.3. The summed E-state index contributed by atoms with van der Waals surface area (Å²) in [7, 11) is 1.60. The SMILES string of the molecule is COc1c(Cl)cc(C)c(C)c1C(C)CO. The molecule has 0 aliphatic heterocycles. The fourth-order valence-electron chi connectivity index (χ4n) is 1.77. The van der Waals surface area contributed by atoms with Crippen molar-refractivity contribution in [3.63, 3.8) is 0 Å². The van der Waals surface area contributed by atoms with E-state index in [0.29, 0.717) is 10.8 Å². The Morgan fingerprint density at radius 2 is 2.07 bits per heavy atom. The average Bonchev–Trinajstić information content (AvgIpc) is 2.21. The Kier molecular flexibility index (Phi) is 4.00. The summed E-state index contributed by atoms with van der Waals surface area (Å²) in [5, 5.41) is 9.82. The lowest BCUT2D eigenvalue weighted by atomic mass is 9.93. The molecule has 1 N–H and O–H groups in total. The first-order chi connectivity index (χ1) is 7.02. The van der Waals surface area contributed by atoms with E-state index in [0.717, 1.165) is 16.7 Å². The Balaban J connectivity index is 3.43. The van der Waals surface area contributed by atoms with Crippen LogP contribution in [0.3, 0.4) is 0 Å². The van der Waals surface area contributed by atoms with Gasteiger partial charge in [0.05, 0.1) is 12.1 Å². The number of aliphatic hydroxyl groups excluding tert-OH is 1. The van der Waals surface area contributed by atoms with E-state index in [4.69, 9.17) is 16.3 Å². The quantitative estimate of drug-likeness (QED) is 0.862. The number of hydrogen-bond donors (Lipinski definition) is 1. The molecule has 0 radical (unpaired) electrons. The second-order valence-corrected chi connectivity index (χ2v) is 4.24. The van der Waals surface area contributed by atoms with Crippen LogP contribution in [-0.4, -0.2) is 18.8 Å². The van der Waals surface area contributed by atoms with Crippen molar-refractivity contribution in [3.05, 3.63) is 27.8 Å². The van der Waals surface area contributed by atoms with E-state index in [2.05, 4.69) is 0 Å². The van der Waals surface area contributed by atoms with Gasteiger partial charge in [0.25, 0.3) is 0 Å². The molecule has 0 saturated heterocycles. The molecule has 0 amide bonds. The van der Waals surface area contributed by atoms with Gasteiger partial charge in [0.1, 0.15) is 5.75 Å². The van der Waals surface area contributed by atoms with E-state index in [1.165, 1.54) is 0 Å². The number of benzene rings is 1. The molecular weight excluding hydrogens is 212 g/mol. The van der Waals surface area contributed by atoms with Crippen LogP contribution in [0, 0.1) is 13.8 Å². The van der Waals surface area contributed by atoms with Gasteiger partial charge in [-0.05, 0) is 31.0 Å². The van der Waals surface area contributed by atoms with E-state index in [-0.39, 0.29) is 12.5 Å². The van der Waals surface area contributed by atoms with Gasteiger partial charge >= 0.3 is 0 Å². The summed E-state index contributed by atoms with van der Waals surface area (Å²) in [6.45, 7) is 6.08. The van der Waals surface area contributed by atoms with Gasteiger partial charge in [0.2, 0.25) is 0 Å². The van der Waals surface area contributed by atoms with Crippen LogP contribution >= 0.6 is 11.6 Å². The molecule has 0 aromatic heterocycles. The summed E-state index contributed by atoms with van der Waals surface area (Å²) >= 11 is 6.10. The Morgan fingerprint density at radius 3 is 2.53 bits per heavy atom. The molecule has 3 heteroatoms. The number of hydrogen-bond acceptors (Lipinski definition) is 2. The monoisotopic (exact) mass is 228 g/mol. The smallest absolute Gasteiger partial charge is 0.141 e. The minimum atomic E-state index is 0.0392. The van der Waals surface area contributed by atoms with Gasteiger partial charge in [-0.15, -0.1) is 0 Å². The van der Waals surface area contributed by atoms with Crippen LogP contribution in [-0.2, 0) is 0 Å². The predicted octanol–water partition coefficient (Wildman–Crippen LogP) is 3.06. The summed E-state index contributed by atoms with van der Waals surface area (Å²) in [6.07, 6.45) is 0. The number of rotatable bonds is 3. The fraction of sp³-hybridized carbons (Fsp3) is 0.500. The second kappa shape index (κ2) is 4.86. The van der Waals surface area contributed by atoms with Gasteiger partial charge in [-0.2, -0.15) is 0 Å². The van der Waals surface area contributed by atoms with Crippen LogP contribution in [0.2, 0.25) is 5.02 Å². The van der Waals surface area contributed by atoms with Crippen molar-refractivity contribution < 1.29 is 9.84 Å². The van der Waals surface area contributed by atoms with E-state index < -0.39 is 0 Å². The topological polar surface area (TPSA) is 29.5 Å². The zero-order valence-electron chi connectivity index (χ0n) is 9.60. The highest BCUT2D eigenvalue weighted by atomic mass is 35.5. The van der Waals surface area contributed by atoms with Crippen molar-refractivity contribution in [1.82, 2.24) is 0 Å². The number of aryl methyl sites for hydroxylation is 1. The summed E-state index contributed by atoms with van der Waals surface area (Å²) < 4.78 is 5.29. The lowest BCUT2D eigenvalue weighted by Gasteiger charge is -2.19. The standard InChI is InChI=1S/C12H17ClO2/c1-7-5-10(13)12(15-4)11(9(7)3)8(2)6-14/h5,8,14H,6H2,1-4H3. The van der Waals surface area contributed by atoms with Crippen LogP contribution in [0.5, 0.6) is 5.75 Å². The molecule has 1 aromatic carbocycles. The van der Waals surface area contributed by atoms with Gasteiger partial charge in [-0.25, -0.2) is 0 Å². The maximum Gasteiger partial charge on any atom is 0.141 e. The van der Waals surface area contributed by atoms with Crippen molar-refractivity contribution in [1.29, 1.82) is 0 Å². The van der Waals surface area contributed by atoms with E-state index in [1.807, 2.05) is 26.8 Å². The second-order valence-electron chi connectivity index (χ2n) is 3.83. The first-order valence-corrected chi connectivity index (χ1v) is 5.35. The van der Waals surface area contributed by atoms with Gasteiger partial charge in [-0.3, -0.25) is 0 Å². The highest BCUT2D eigenvalue weighted by molar-refractivity contribution is 6.32. The molecule has 0 bridgehead atoms. The number of ether oxygens (including phenoxy) is 1. The molecule has 84 valence electrons. The maximum atomic E-state index is 9.22. The van der Waals surface area contributed by atoms with Crippen molar-refractivity contribution in [3.8, 4) is 5.75 Å².